The van der Waals surface area contributed by atoms with Gasteiger partial charge in [0.25, 0.3) is 0 Å². The highest BCUT2D eigenvalue weighted by molar-refractivity contribution is 5.91. The Balaban J connectivity index is 1.95. The number of halogens is 1. The average Bonchev–Trinajstić information content (AvgIpc) is 3.16. The van der Waals surface area contributed by atoms with Crippen LogP contribution in [-0.2, 0) is 15.0 Å². The van der Waals surface area contributed by atoms with Crippen molar-refractivity contribution in [3.8, 4) is 0 Å². The summed E-state index contributed by atoms with van der Waals surface area (Å²) in [7, 11) is 0. The van der Waals surface area contributed by atoms with Crippen molar-refractivity contribution in [2.24, 2.45) is 0 Å². The molecule has 19 heavy (non-hydrogen) atoms. The first-order chi connectivity index (χ1) is 9.06. The average molecular weight is 264 g/mol. The molecule has 1 aliphatic rings. The highest BCUT2D eigenvalue weighted by Gasteiger charge is 2.52. The highest BCUT2D eigenvalue weighted by atomic mass is 19.1. The van der Waals surface area contributed by atoms with Crippen molar-refractivity contribution in [1.29, 1.82) is 0 Å². The van der Waals surface area contributed by atoms with Gasteiger partial charge in [-0.3, -0.25) is 9.59 Å². The Kier molecular flexibility index (Phi) is 3.83. The summed E-state index contributed by atoms with van der Waals surface area (Å²) >= 11 is 0. The molecule has 2 amide bonds. The highest BCUT2D eigenvalue weighted by Crippen LogP contribution is 2.49. The summed E-state index contributed by atoms with van der Waals surface area (Å²) in [6, 6.07) is 6.39. The topological polar surface area (TPSA) is 58.2 Å². The van der Waals surface area contributed by atoms with Crippen molar-refractivity contribution in [1.82, 2.24) is 10.6 Å². The molecule has 102 valence electrons. The maximum Gasteiger partial charge on any atom is 0.230 e. The van der Waals surface area contributed by atoms with E-state index in [0.29, 0.717) is 31.5 Å². The van der Waals surface area contributed by atoms with Gasteiger partial charge in [-0.25, -0.2) is 4.39 Å². The third-order valence-electron chi connectivity index (χ3n) is 3.36. The molecule has 1 aromatic rings. The molecule has 4 nitrogen and oxygen atoms in total. The molecule has 1 aromatic carbocycles. The molecule has 0 aromatic heterocycles. The number of carbonyl (C=O) groups is 2. The van der Waals surface area contributed by atoms with Gasteiger partial charge in [0.2, 0.25) is 11.8 Å². The zero-order valence-electron chi connectivity index (χ0n) is 10.8. The molecule has 0 spiro atoms. The standard InChI is InChI=1S/C14H17FN2O2/c1-10(18)16-8-9-17-13(19)14(6-7-14)11-4-2-3-5-12(11)15/h2-5H,6-9H2,1H3,(H,16,18)(H,17,19). The van der Waals surface area contributed by atoms with Crippen LogP contribution in [0.15, 0.2) is 24.3 Å². The molecule has 0 saturated heterocycles. The second-order valence-electron chi connectivity index (χ2n) is 4.80. The fourth-order valence-electron chi connectivity index (χ4n) is 2.18. The molecule has 2 N–H and O–H groups in total. The van der Waals surface area contributed by atoms with Crippen molar-refractivity contribution in [3.05, 3.63) is 35.6 Å². The van der Waals surface area contributed by atoms with E-state index in [0.717, 1.165) is 0 Å². The summed E-state index contributed by atoms with van der Waals surface area (Å²) < 4.78 is 13.7. The number of benzene rings is 1. The molecular weight excluding hydrogens is 247 g/mol. The number of hydrogen-bond acceptors (Lipinski definition) is 2. The van der Waals surface area contributed by atoms with E-state index in [9.17, 15) is 14.0 Å². The number of nitrogens with one attached hydrogen (secondary N) is 2. The van der Waals surface area contributed by atoms with Crippen LogP contribution in [0.1, 0.15) is 25.3 Å². The lowest BCUT2D eigenvalue weighted by Crippen LogP contribution is -2.39. The van der Waals surface area contributed by atoms with Gasteiger partial charge in [0.05, 0.1) is 5.41 Å². The Morgan fingerprint density at radius 3 is 2.42 bits per heavy atom. The molecule has 0 heterocycles. The van der Waals surface area contributed by atoms with Crippen molar-refractivity contribution in [3.63, 3.8) is 0 Å². The Bertz CT molecular complexity index is 498. The normalized spacial score (nSPS) is 15.7. The summed E-state index contributed by atoms with van der Waals surface area (Å²) in [5.41, 5.74) is -0.242. The summed E-state index contributed by atoms with van der Waals surface area (Å²) in [4.78, 5) is 22.8. The van der Waals surface area contributed by atoms with Crippen LogP contribution in [0.3, 0.4) is 0 Å². The largest absolute Gasteiger partial charge is 0.355 e. The first-order valence-corrected chi connectivity index (χ1v) is 6.34. The van der Waals surface area contributed by atoms with E-state index < -0.39 is 5.41 Å². The fraction of sp³-hybridized carbons (Fsp3) is 0.429. The van der Waals surface area contributed by atoms with Crippen LogP contribution in [0.2, 0.25) is 0 Å². The zero-order chi connectivity index (χ0) is 13.9. The number of amides is 2. The molecule has 0 unspecified atom stereocenters. The molecule has 0 atom stereocenters. The number of rotatable bonds is 5. The van der Waals surface area contributed by atoms with Crippen LogP contribution < -0.4 is 10.6 Å². The van der Waals surface area contributed by atoms with Crippen molar-refractivity contribution >= 4 is 11.8 Å². The van der Waals surface area contributed by atoms with Crippen LogP contribution in [0.25, 0.3) is 0 Å². The van der Waals surface area contributed by atoms with Crippen molar-refractivity contribution < 1.29 is 14.0 Å². The molecule has 0 radical (unpaired) electrons. The number of carbonyl (C=O) groups excluding carboxylic acids is 2. The predicted molar refractivity (Wildman–Crippen MR) is 69.0 cm³/mol. The molecule has 1 fully saturated rings. The van der Waals surface area contributed by atoms with Crippen LogP contribution in [0.5, 0.6) is 0 Å². The second-order valence-corrected chi connectivity index (χ2v) is 4.80. The summed E-state index contributed by atoms with van der Waals surface area (Å²) in [5, 5.41) is 5.34. The van der Waals surface area contributed by atoms with Gasteiger partial charge in [0, 0.05) is 25.6 Å². The minimum Gasteiger partial charge on any atom is -0.355 e. The third kappa shape index (κ3) is 2.92. The van der Waals surface area contributed by atoms with E-state index in [2.05, 4.69) is 10.6 Å². The zero-order valence-corrected chi connectivity index (χ0v) is 10.8. The van der Waals surface area contributed by atoms with Crippen molar-refractivity contribution in [2.45, 2.75) is 25.2 Å². The number of hydrogen-bond donors (Lipinski definition) is 2. The Morgan fingerprint density at radius 1 is 1.21 bits per heavy atom. The van der Waals surface area contributed by atoms with Gasteiger partial charge >= 0.3 is 0 Å². The quantitative estimate of drug-likeness (QED) is 0.783. The first kappa shape index (κ1) is 13.5. The SMILES string of the molecule is CC(=O)NCCNC(=O)C1(c2ccccc2F)CC1. The smallest absolute Gasteiger partial charge is 0.230 e. The fourth-order valence-corrected chi connectivity index (χ4v) is 2.18. The lowest BCUT2D eigenvalue weighted by atomic mass is 9.94. The van der Waals surface area contributed by atoms with E-state index in [1.54, 1.807) is 18.2 Å². The van der Waals surface area contributed by atoms with Crippen LogP contribution >= 0.6 is 0 Å². The molecule has 0 bridgehead atoms. The predicted octanol–water partition coefficient (Wildman–Crippen LogP) is 1.11. The van der Waals surface area contributed by atoms with Gasteiger partial charge in [-0.15, -0.1) is 0 Å². The monoisotopic (exact) mass is 264 g/mol. The third-order valence-corrected chi connectivity index (χ3v) is 3.36. The Labute approximate surface area is 111 Å². The Morgan fingerprint density at radius 2 is 1.84 bits per heavy atom. The minimum atomic E-state index is -0.707. The molecule has 5 heteroatoms. The molecule has 2 rings (SSSR count). The second kappa shape index (κ2) is 5.38. The van der Waals surface area contributed by atoms with Gasteiger partial charge in [-0.05, 0) is 18.9 Å². The van der Waals surface area contributed by atoms with Gasteiger partial charge in [0.15, 0.2) is 0 Å². The van der Waals surface area contributed by atoms with Crippen LogP contribution in [0.4, 0.5) is 4.39 Å². The molecular formula is C14H17FN2O2. The first-order valence-electron chi connectivity index (χ1n) is 6.34. The summed E-state index contributed by atoms with van der Waals surface area (Å²) in [5.74, 6) is -0.635. The molecule has 0 aliphatic heterocycles. The van der Waals surface area contributed by atoms with Crippen molar-refractivity contribution in [2.75, 3.05) is 13.1 Å². The van der Waals surface area contributed by atoms with Crippen LogP contribution in [0, 0.1) is 5.82 Å². The maximum absolute atomic E-state index is 13.7. The van der Waals surface area contributed by atoms with Gasteiger partial charge in [-0.1, -0.05) is 18.2 Å². The summed E-state index contributed by atoms with van der Waals surface area (Å²) in [6.07, 6.45) is 1.33. The van der Waals surface area contributed by atoms with E-state index in [4.69, 9.17) is 0 Å². The lowest BCUT2D eigenvalue weighted by Gasteiger charge is -2.16. The lowest BCUT2D eigenvalue weighted by molar-refractivity contribution is -0.124. The van der Waals surface area contributed by atoms with Gasteiger partial charge < -0.3 is 10.6 Å². The van der Waals surface area contributed by atoms with Crippen LogP contribution in [-0.4, -0.2) is 24.9 Å². The minimum absolute atomic E-state index is 0.135. The van der Waals surface area contributed by atoms with E-state index in [-0.39, 0.29) is 17.6 Å². The maximum atomic E-state index is 13.7. The van der Waals surface area contributed by atoms with Gasteiger partial charge in [0.1, 0.15) is 5.82 Å². The van der Waals surface area contributed by atoms with Gasteiger partial charge in [-0.2, -0.15) is 0 Å². The van der Waals surface area contributed by atoms with E-state index >= 15 is 0 Å². The Hall–Kier alpha value is -1.91. The summed E-state index contributed by atoms with van der Waals surface area (Å²) in [6.45, 7) is 2.16. The molecule has 1 saturated carbocycles. The van der Waals surface area contributed by atoms with E-state index in [1.807, 2.05) is 0 Å². The molecule has 1 aliphatic carbocycles. The van der Waals surface area contributed by atoms with E-state index in [1.165, 1.54) is 13.0 Å².